The van der Waals surface area contributed by atoms with Gasteiger partial charge in [0.05, 0.1) is 42.3 Å². The number of amides is 10. The number of halogens is 4. The van der Waals surface area contributed by atoms with Gasteiger partial charge < -0.3 is 59.7 Å². The molecule has 105 heavy (non-hydrogen) atoms. The summed E-state index contributed by atoms with van der Waals surface area (Å²) in [6, 6.07) is -6.05. The lowest BCUT2D eigenvalue weighted by Crippen LogP contribution is -2.77. The molecule has 10 amide bonds. The summed E-state index contributed by atoms with van der Waals surface area (Å²) in [6.07, 6.45) is 0.278. The van der Waals surface area contributed by atoms with Crippen LogP contribution in [0.5, 0.6) is 0 Å². The lowest BCUT2D eigenvalue weighted by Gasteiger charge is -2.52. The van der Waals surface area contributed by atoms with E-state index >= 15 is 33.6 Å². The summed E-state index contributed by atoms with van der Waals surface area (Å²) in [7, 11) is 9.56. The first-order valence-corrected chi connectivity index (χ1v) is 37.7. The van der Waals surface area contributed by atoms with E-state index in [2.05, 4.69) is 16.0 Å². The van der Waals surface area contributed by atoms with E-state index in [9.17, 15) is 47.0 Å². The number of carbonyl (C=O) groups excluding carboxylic acids is 12. The van der Waals surface area contributed by atoms with Crippen LogP contribution in [-0.2, 0) is 79.7 Å². The summed E-state index contributed by atoms with van der Waals surface area (Å²) in [4.78, 5) is 206. The minimum absolute atomic E-state index is 0.0360. The topological polar surface area (TPSA) is 317 Å². The summed E-state index contributed by atoms with van der Waals surface area (Å²) in [6.45, 7) is 8.53. The van der Waals surface area contributed by atoms with Gasteiger partial charge in [-0.05, 0) is 120 Å². The van der Waals surface area contributed by atoms with Crippen molar-refractivity contribution in [3.8, 4) is 0 Å². The fraction of sp³-hybridized carbons (Fsp3) is 0.743. The standard InChI is InChI=1S/C74H112ClF3N12O15/c1-13-47(4)61-68(102)83(7)48(5)64(98)90-34-29-54(90)66(100)85(9)56(41-49-21-15-14-16-22-49)65(99)82(6)43-58(93)80-72(44-91,32-27-50-25-26-52(53(75)40-50)74(76,77)78)88(12)73(45-92,33-28-60(95)96)81-71(30-19-20-31-71)70(104)87(11)62(51-23-17-18-24-51)69(103)86(10)57(67(101)89-35-37-105-38-36-89)42-59(94)84(8)55(39-46(2)3)63(97)79-61/h25-26,40,44-49,51,54-57,61-62,81H,13-24,27-39,41-43H2,1-12H3,(H,79,97)(H,80,93)(H,95,96)/t47-,48-,54-,55+,56-,57-,61-,62-,72-,73+/m0/s1. The number of aliphatic carboxylic acids is 1. The van der Waals surface area contributed by atoms with Gasteiger partial charge in [0.2, 0.25) is 59.1 Å². The predicted molar refractivity (Wildman–Crippen MR) is 382 cm³/mol. The highest BCUT2D eigenvalue weighted by Gasteiger charge is 2.57. The molecule has 7 rings (SSSR count). The highest BCUT2D eigenvalue weighted by atomic mass is 35.5. The van der Waals surface area contributed by atoms with Crippen molar-refractivity contribution in [2.24, 2.45) is 23.7 Å². The van der Waals surface area contributed by atoms with E-state index in [1.807, 2.05) is 20.8 Å². The van der Waals surface area contributed by atoms with Gasteiger partial charge in [-0.15, -0.1) is 0 Å². The fourth-order valence-electron chi connectivity index (χ4n) is 16.3. The van der Waals surface area contributed by atoms with Crippen LogP contribution >= 0.6 is 11.6 Å². The third-order valence-corrected chi connectivity index (χ3v) is 23.7. The number of aryl methyl sites for hydroxylation is 1. The molecule has 6 aliphatic rings. The molecule has 3 aliphatic heterocycles. The second kappa shape index (κ2) is 36.5. The molecule has 31 heteroatoms. The summed E-state index contributed by atoms with van der Waals surface area (Å²) in [5.74, 6) is -9.91. The number of ether oxygens (including phenoxy) is 1. The smallest absolute Gasteiger partial charge is 0.417 e. The minimum Gasteiger partial charge on any atom is -0.481 e. The zero-order chi connectivity index (χ0) is 77.8. The van der Waals surface area contributed by atoms with Crippen molar-refractivity contribution in [1.29, 1.82) is 0 Å². The van der Waals surface area contributed by atoms with Crippen molar-refractivity contribution >= 4 is 89.2 Å². The molecule has 6 fully saturated rings. The molecule has 0 radical (unpaired) electrons. The highest BCUT2D eigenvalue weighted by Crippen LogP contribution is 2.41. The van der Waals surface area contributed by atoms with Crippen LogP contribution in [0.2, 0.25) is 5.02 Å². The largest absolute Gasteiger partial charge is 0.481 e. The van der Waals surface area contributed by atoms with Crippen molar-refractivity contribution in [1.82, 2.24) is 60.0 Å². The summed E-state index contributed by atoms with van der Waals surface area (Å²) in [5, 5.41) is 18.7. The molecule has 3 heterocycles. The van der Waals surface area contributed by atoms with Crippen LogP contribution in [0.15, 0.2) is 18.2 Å². The maximum absolute atomic E-state index is 16.2. The Labute approximate surface area is 620 Å². The van der Waals surface area contributed by atoms with E-state index in [4.69, 9.17) is 16.3 Å². The summed E-state index contributed by atoms with van der Waals surface area (Å²) >= 11 is 6.24. The van der Waals surface area contributed by atoms with Gasteiger partial charge in [-0.25, -0.2) is 0 Å². The molecule has 3 saturated heterocycles. The number of alkyl halides is 3. The van der Waals surface area contributed by atoms with Crippen molar-refractivity contribution in [2.45, 2.75) is 241 Å². The van der Waals surface area contributed by atoms with Gasteiger partial charge in [0.15, 0.2) is 18.2 Å². The number of aldehydes is 2. The Balaban J connectivity index is 1.40. The monoisotopic (exact) mass is 1500 g/mol. The van der Waals surface area contributed by atoms with E-state index in [-0.39, 0.29) is 95.1 Å². The van der Waals surface area contributed by atoms with E-state index in [0.717, 1.165) is 65.0 Å². The lowest BCUT2D eigenvalue weighted by molar-refractivity contribution is -0.160. The number of fused-ring (bicyclic) bond motifs is 1. The molecular formula is C74H112ClF3N12O15. The maximum atomic E-state index is 16.2. The average molecular weight is 1500 g/mol. The first-order chi connectivity index (χ1) is 49.4. The van der Waals surface area contributed by atoms with Crippen LogP contribution in [-0.4, -0.2) is 275 Å². The van der Waals surface area contributed by atoms with Crippen LogP contribution in [0.4, 0.5) is 13.2 Å². The van der Waals surface area contributed by atoms with Crippen LogP contribution in [0.1, 0.15) is 181 Å². The first-order valence-electron chi connectivity index (χ1n) is 37.3. The minimum atomic E-state index is -4.86. The molecule has 27 nitrogen and oxygen atoms in total. The van der Waals surface area contributed by atoms with Gasteiger partial charge in [-0.2, -0.15) is 13.2 Å². The number of carboxylic acids is 1. The van der Waals surface area contributed by atoms with Crippen molar-refractivity contribution in [3.63, 3.8) is 0 Å². The summed E-state index contributed by atoms with van der Waals surface area (Å²) < 4.78 is 48.0. The Morgan fingerprint density at radius 1 is 0.724 bits per heavy atom. The number of hydrogen-bond donors (Lipinski definition) is 4. The SMILES string of the molecule is CC[C@H](C)[C@@H]1NC(=O)[C@@H](CC(C)C)N(C)C(=O)C[C@@H](C(=O)N2CCOCC2)N(C)C(=O)[C@H](C2CCCC2)N(C)C(=O)C2(CCCC2)N[C@](C=O)(CCC(=O)O)N(C)[C@](C=O)(CCc2ccc(C(F)(F)F)c(Cl)c2)NC(=O)CN(C)C(=O)[C@H](CC2CCCCC2)N(C)C(=O)[C@@H]2CCN2C(=O)[C@H](C)N(C)C1=O. The number of hydrogen-bond acceptors (Lipinski definition) is 16. The van der Waals surface area contributed by atoms with Crippen molar-refractivity contribution in [3.05, 3.63) is 34.3 Å². The van der Waals surface area contributed by atoms with E-state index < -0.39 is 185 Å². The second-order valence-electron chi connectivity index (χ2n) is 30.7. The Morgan fingerprint density at radius 3 is 1.90 bits per heavy atom. The summed E-state index contributed by atoms with van der Waals surface area (Å²) in [5.41, 5.74) is -7.83. The van der Waals surface area contributed by atoms with E-state index in [1.165, 1.54) is 85.7 Å². The highest BCUT2D eigenvalue weighted by molar-refractivity contribution is 6.31. The molecule has 4 N–H and O–H groups in total. The van der Waals surface area contributed by atoms with Gasteiger partial charge in [-0.3, -0.25) is 72.5 Å². The number of carbonyl (C=O) groups is 13. The van der Waals surface area contributed by atoms with Crippen molar-refractivity contribution < 1.29 is 85.3 Å². The van der Waals surface area contributed by atoms with Gasteiger partial charge in [0.25, 0.3) is 0 Å². The molecule has 0 aromatic heterocycles. The number of rotatable bonds is 16. The van der Waals surface area contributed by atoms with Crippen LogP contribution < -0.4 is 16.0 Å². The Morgan fingerprint density at radius 2 is 1.34 bits per heavy atom. The van der Waals surface area contributed by atoms with Gasteiger partial charge >= 0.3 is 12.1 Å². The number of benzene rings is 1. The third kappa shape index (κ3) is 19.7. The predicted octanol–water partition coefficient (Wildman–Crippen LogP) is 5.11. The molecule has 10 atom stereocenters. The van der Waals surface area contributed by atoms with Gasteiger partial charge in [-0.1, -0.05) is 110 Å². The molecule has 3 aliphatic carbocycles. The molecule has 3 saturated carbocycles. The Bertz CT molecular complexity index is 3330. The molecule has 586 valence electrons. The lowest BCUT2D eigenvalue weighted by atomic mass is 9.84. The number of carboxylic acid groups (broad SMARTS) is 1. The average Bonchev–Trinajstić information content (AvgIpc) is 1.74. The number of morpholine rings is 1. The van der Waals surface area contributed by atoms with Crippen molar-refractivity contribution in [2.75, 3.05) is 88.7 Å². The van der Waals surface area contributed by atoms with Gasteiger partial charge in [0, 0.05) is 68.3 Å². The third-order valence-electron chi connectivity index (χ3n) is 23.4. The number of likely N-dealkylation sites (N-methyl/N-ethyl adjacent to an activating group) is 7. The zero-order valence-corrected chi connectivity index (χ0v) is 64.0. The molecule has 0 bridgehead atoms. The van der Waals surface area contributed by atoms with Crippen LogP contribution in [0.3, 0.4) is 0 Å². The molecule has 1 spiro atoms. The quantitative estimate of drug-likeness (QED) is 0.156. The zero-order valence-electron chi connectivity index (χ0n) is 63.2. The van der Waals surface area contributed by atoms with E-state index in [0.29, 0.717) is 51.2 Å². The first kappa shape index (κ1) is 84.9. The second-order valence-corrected chi connectivity index (χ2v) is 31.1. The molecule has 0 unspecified atom stereocenters. The fourth-order valence-corrected chi connectivity index (χ4v) is 16.6. The van der Waals surface area contributed by atoms with Crippen LogP contribution in [0, 0.1) is 23.7 Å². The maximum Gasteiger partial charge on any atom is 0.417 e. The van der Waals surface area contributed by atoms with E-state index in [1.54, 1.807) is 6.92 Å². The normalized spacial score (nSPS) is 28.7. The molecule has 1 aromatic rings. The Kier molecular flexibility index (Phi) is 29.5. The number of nitrogens with one attached hydrogen (secondary N) is 3. The Hall–Kier alpha value is -7.31. The molecule has 1 aromatic carbocycles. The molecular weight excluding hydrogens is 1390 g/mol. The number of nitrogens with zero attached hydrogens (tertiary/aromatic N) is 9. The van der Waals surface area contributed by atoms with Crippen LogP contribution in [0.25, 0.3) is 0 Å². The van der Waals surface area contributed by atoms with Gasteiger partial charge in [0.1, 0.15) is 48.0 Å².